The fraction of sp³-hybridized carbons (Fsp3) is 0.333. The molecule has 0 saturated heterocycles. The van der Waals surface area contributed by atoms with Crippen LogP contribution in [0.2, 0.25) is 5.15 Å². The Morgan fingerprint density at radius 3 is 1.77 bits per heavy atom. The maximum atomic E-state index is 11.8. The topological polar surface area (TPSA) is 95.1 Å². The van der Waals surface area contributed by atoms with E-state index in [1.165, 1.54) is 17.5 Å². The zero-order valence-corrected chi connectivity index (χ0v) is 27.8. The number of hydrogen-bond donors (Lipinski definition) is 1. The van der Waals surface area contributed by atoms with Crippen molar-refractivity contribution in [3.8, 4) is 0 Å². The molecule has 2 atom stereocenters. The molecule has 6 rings (SSSR count). The minimum absolute atomic E-state index is 0.00467. The van der Waals surface area contributed by atoms with E-state index in [-0.39, 0.29) is 5.56 Å². The first kappa shape index (κ1) is 33.6. The zero-order valence-electron chi connectivity index (χ0n) is 23.8. The van der Waals surface area contributed by atoms with Crippen LogP contribution in [0, 0.1) is 0 Å². The van der Waals surface area contributed by atoms with Gasteiger partial charge in [-0.1, -0.05) is 72.3 Å². The van der Waals surface area contributed by atoms with E-state index in [2.05, 4.69) is 114 Å². The normalized spacial score (nSPS) is 18.3. The van der Waals surface area contributed by atoms with Crippen molar-refractivity contribution >= 4 is 50.5 Å². The van der Waals surface area contributed by atoms with Gasteiger partial charge in [0.15, 0.2) is 0 Å². The molecule has 228 valence electrons. The predicted octanol–water partition coefficient (Wildman–Crippen LogP) is 7.60. The third-order valence-electron chi connectivity index (χ3n) is 7.42. The highest BCUT2D eigenvalue weighted by Gasteiger charge is 2.27. The molecule has 2 aromatic heterocycles. The first-order chi connectivity index (χ1) is 20.5. The molecule has 0 fully saturated rings. The smallest absolute Gasteiger partial charge is 0.313 e. The van der Waals surface area contributed by atoms with Gasteiger partial charge in [0.2, 0.25) is 0 Å². The van der Waals surface area contributed by atoms with Crippen LogP contribution >= 0.6 is 50.5 Å². The highest BCUT2D eigenvalue weighted by molar-refractivity contribution is 8.24. The number of benzene rings is 2. The Hall–Kier alpha value is -2.29. The Bertz CT molecular complexity index is 1580. The van der Waals surface area contributed by atoms with Crippen molar-refractivity contribution in [3.63, 3.8) is 0 Å². The summed E-state index contributed by atoms with van der Waals surface area (Å²) in [4.78, 5) is 32.0. The standard InChI is InChI=1S/C15H16ClN3.C15H17N3O.Cl3OP/c1-11-7-14-13(15(16)18-10-17-14)9-19(11)8-12-5-3-2-4-6-12;1-11-7-14-13(15(19)17-10-16-14)9-18(11)8-12-5-3-2-4-6-12;1-5(2,3)4/h2-6,10-11H,7-9H2,1H3;2-6,10-11H,7-9H2,1H3,(H,16,17,19);. The molecule has 2 unspecified atom stereocenters. The van der Waals surface area contributed by atoms with E-state index in [4.69, 9.17) is 11.6 Å². The van der Waals surface area contributed by atoms with Gasteiger partial charge in [-0.15, -0.1) is 0 Å². The van der Waals surface area contributed by atoms with Gasteiger partial charge in [0, 0.05) is 56.7 Å². The molecule has 13 heteroatoms. The van der Waals surface area contributed by atoms with E-state index in [0.29, 0.717) is 23.8 Å². The van der Waals surface area contributed by atoms with E-state index < -0.39 is 5.20 Å². The third kappa shape index (κ3) is 10.4. The minimum atomic E-state index is -3.22. The maximum absolute atomic E-state index is 11.8. The summed E-state index contributed by atoms with van der Waals surface area (Å²) in [5.74, 6) is 0. The number of nitrogens with one attached hydrogen (secondary N) is 1. The van der Waals surface area contributed by atoms with Crippen LogP contribution < -0.4 is 5.56 Å². The highest BCUT2D eigenvalue weighted by atomic mass is 36.0. The molecule has 4 heterocycles. The molecule has 0 spiro atoms. The maximum Gasteiger partial charge on any atom is 0.339 e. The third-order valence-corrected chi connectivity index (χ3v) is 7.75. The molecule has 2 aliphatic heterocycles. The van der Waals surface area contributed by atoms with Crippen molar-refractivity contribution in [3.05, 3.63) is 122 Å². The number of rotatable bonds is 4. The molecule has 2 aliphatic rings. The predicted molar refractivity (Wildman–Crippen MR) is 175 cm³/mol. The van der Waals surface area contributed by atoms with Gasteiger partial charge in [0.05, 0.1) is 23.3 Å². The van der Waals surface area contributed by atoms with Gasteiger partial charge in [0.1, 0.15) is 11.5 Å². The lowest BCUT2D eigenvalue weighted by Gasteiger charge is -2.34. The summed E-state index contributed by atoms with van der Waals surface area (Å²) >= 11 is 20.0. The van der Waals surface area contributed by atoms with Crippen LogP contribution in [0.5, 0.6) is 0 Å². The lowest BCUT2D eigenvalue weighted by molar-refractivity contribution is 0.172. The van der Waals surface area contributed by atoms with Crippen LogP contribution in [0.3, 0.4) is 0 Å². The summed E-state index contributed by atoms with van der Waals surface area (Å²) < 4.78 is 9.51. The molecule has 2 aromatic carbocycles. The summed E-state index contributed by atoms with van der Waals surface area (Å²) in [6.07, 6.45) is 4.83. The molecule has 0 amide bonds. The average Bonchev–Trinajstić information content (AvgIpc) is 2.95. The zero-order chi connectivity index (χ0) is 31.0. The van der Waals surface area contributed by atoms with Gasteiger partial charge in [-0.25, -0.2) is 15.0 Å². The van der Waals surface area contributed by atoms with Crippen LogP contribution in [-0.2, 0) is 43.6 Å². The number of aromatic amines is 1. The number of nitrogens with zero attached hydrogens (tertiary/aromatic N) is 5. The van der Waals surface area contributed by atoms with Crippen molar-refractivity contribution in [2.24, 2.45) is 0 Å². The van der Waals surface area contributed by atoms with Crippen LogP contribution in [-0.4, -0.2) is 41.8 Å². The highest BCUT2D eigenvalue weighted by Crippen LogP contribution is 2.61. The molecule has 4 aromatic rings. The monoisotopic (exact) mass is 680 g/mol. The first-order valence-electron chi connectivity index (χ1n) is 13.8. The van der Waals surface area contributed by atoms with Crippen LogP contribution in [0.25, 0.3) is 0 Å². The van der Waals surface area contributed by atoms with Gasteiger partial charge >= 0.3 is 5.20 Å². The van der Waals surface area contributed by atoms with E-state index in [1.807, 2.05) is 24.3 Å². The minimum Gasteiger partial charge on any atom is -0.313 e. The second-order valence-electron chi connectivity index (χ2n) is 10.5. The lowest BCUT2D eigenvalue weighted by atomic mass is 10.00. The summed E-state index contributed by atoms with van der Waals surface area (Å²) in [7, 11) is 0. The molecule has 8 nitrogen and oxygen atoms in total. The summed E-state index contributed by atoms with van der Waals surface area (Å²) in [6, 6.07) is 21.7. The number of aromatic nitrogens is 4. The largest absolute Gasteiger partial charge is 0.339 e. The number of hydrogen-bond acceptors (Lipinski definition) is 7. The van der Waals surface area contributed by atoms with Crippen LogP contribution in [0.4, 0.5) is 0 Å². The SMILES string of the molecule is CC1Cc2nc[nH]c(=O)c2CN1Cc1ccccc1.CC1Cc2ncnc(Cl)c2CN1Cc1ccccc1.O=P(Cl)(Cl)Cl. The van der Waals surface area contributed by atoms with E-state index >= 15 is 0 Å². The average molecular weight is 682 g/mol. The Balaban J connectivity index is 0.000000171. The Labute approximate surface area is 271 Å². The summed E-state index contributed by atoms with van der Waals surface area (Å²) in [6.45, 7) is 7.73. The van der Waals surface area contributed by atoms with Crippen molar-refractivity contribution < 1.29 is 4.57 Å². The van der Waals surface area contributed by atoms with Crippen molar-refractivity contribution in [2.75, 3.05) is 0 Å². The fourth-order valence-electron chi connectivity index (χ4n) is 5.16. The second-order valence-corrected chi connectivity index (χ2v) is 17.5. The molecule has 0 aliphatic carbocycles. The number of H-pyrrole nitrogens is 1. The second kappa shape index (κ2) is 15.6. The summed E-state index contributed by atoms with van der Waals surface area (Å²) in [5, 5.41) is -2.63. The van der Waals surface area contributed by atoms with Crippen molar-refractivity contribution in [1.29, 1.82) is 0 Å². The van der Waals surface area contributed by atoms with Gasteiger partial charge in [-0.2, -0.15) is 0 Å². The van der Waals surface area contributed by atoms with Crippen molar-refractivity contribution in [1.82, 2.24) is 29.7 Å². The molecular formula is C30H33Cl4N6O2P. The number of fused-ring (bicyclic) bond motifs is 2. The molecular weight excluding hydrogens is 649 g/mol. The van der Waals surface area contributed by atoms with E-state index in [9.17, 15) is 9.36 Å². The van der Waals surface area contributed by atoms with Gasteiger partial charge in [-0.3, -0.25) is 19.2 Å². The molecule has 0 saturated carbocycles. The van der Waals surface area contributed by atoms with Crippen LogP contribution in [0.1, 0.15) is 47.5 Å². The summed E-state index contributed by atoms with van der Waals surface area (Å²) in [5.41, 5.74) is 6.53. The molecule has 43 heavy (non-hydrogen) atoms. The molecule has 0 radical (unpaired) electrons. The quantitative estimate of drug-likeness (QED) is 0.175. The van der Waals surface area contributed by atoms with Crippen LogP contribution in [0.15, 0.2) is 78.1 Å². The fourth-order valence-corrected chi connectivity index (χ4v) is 5.37. The molecule has 1 N–H and O–H groups in total. The molecule has 0 bridgehead atoms. The Morgan fingerprint density at radius 1 is 0.791 bits per heavy atom. The lowest BCUT2D eigenvalue weighted by Crippen LogP contribution is -2.41. The first-order valence-corrected chi connectivity index (χ1v) is 18.6. The Morgan fingerprint density at radius 2 is 1.26 bits per heavy atom. The van der Waals surface area contributed by atoms with E-state index in [1.54, 1.807) is 6.33 Å². The van der Waals surface area contributed by atoms with Crippen molar-refractivity contribution in [2.45, 2.75) is 65.0 Å². The van der Waals surface area contributed by atoms with Gasteiger partial charge in [0.25, 0.3) is 5.56 Å². The number of halogens is 4. The van der Waals surface area contributed by atoms with Gasteiger partial charge in [-0.05, 0) is 58.7 Å². The van der Waals surface area contributed by atoms with E-state index in [0.717, 1.165) is 55.0 Å². The van der Waals surface area contributed by atoms with Gasteiger partial charge < -0.3 is 4.98 Å². The Kier molecular flexibility index (Phi) is 12.2.